The molecule has 0 spiro atoms. The molecule has 0 aromatic rings. The van der Waals surface area contributed by atoms with Crippen molar-refractivity contribution in [3.63, 3.8) is 0 Å². The van der Waals surface area contributed by atoms with Crippen molar-refractivity contribution in [3.05, 3.63) is 40.0 Å². The van der Waals surface area contributed by atoms with Crippen molar-refractivity contribution in [1.82, 2.24) is 0 Å². The zero-order valence-electron chi connectivity index (χ0n) is 12.7. The molecular formula is C16H22F2Zr. The Hall–Kier alpha value is -0.297. The average molecular weight is 344 g/mol. The third kappa shape index (κ3) is 3.42. The second-order valence-corrected chi connectivity index (χ2v) is 8.67. The van der Waals surface area contributed by atoms with E-state index in [-0.39, 0.29) is 9.41 Å². The monoisotopic (exact) mass is 342 g/mol. The number of halogens is 2. The molecule has 0 heterocycles. The summed E-state index contributed by atoms with van der Waals surface area (Å²) < 4.78 is 3.55. The molecule has 0 atom stereocenters. The van der Waals surface area contributed by atoms with Crippen molar-refractivity contribution in [1.29, 1.82) is 0 Å². The number of rotatable bonds is 2. The van der Waals surface area contributed by atoms with E-state index in [1.165, 1.54) is 12.8 Å². The van der Waals surface area contributed by atoms with E-state index in [1.54, 1.807) is 40.0 Å². The van der Waals surface area contributed by atoms with Crippen molar-refractivity contribution < 1.29 is 32.6 Å². The fourth-order valence-corrected chi connectivity index (χ4v) is 6.90. The molecule has 2 aliphatic carbocycles. The molecule has 0 aromatic heterocycles. The largest absolute Gasteiger partial charge is 1.00 e. The van der Waals surface area contributed by atoms with E-state index in [1.807, 2.05) is 0 Å². The maximum Gasteiger partial charge on any atom is -1.00 e. The van der Waals surface area contributed by atoms with Gasteiger partial charge in [-0.15, -0.1) is 0 Å². The van der Waals surface area contributed by atoms with Crippen LogP contribution in [0.25, 0.3) is 0 Å². The van der Waals surface area contributed by atoms with Crippen LogP contribution in [0.3, 0.4) is 0 Å². The third-order valence-electron chi connectivity index (χ3n) is 4.19. The topological polar surface area (TPSA) is 0 Å². The van der Waals surface area contributed by atoms with Crippen molar-refractivity contribution in [2.24, 2.45) is 0 Å². The van der Waals surface area contributed by atoms with Gasteiger partial charge in [0.15, 0.2) is 0 Å². The van der Waals surface area contributed by atoms with Gasteiger partial charge in [-0.2, -0.15) is 0 Å². The fourth-order valence-electron chi connectivity index (χ4n) is 2.83. The summed E-state index contributed by atoms with van der Waals surface area (Å²) in [6.07, 6.45) is 2.46. The van der Waals surface area contributed by atoms with Crippen LogP contribution in [-0.4, -0.2) is 0 Å². The van der Waals surface area contributed by atoms with Crippen LogP contribution in [0.15, 0.2) is 40.0 Å². The first-order valence-electron chi connectivity index (χ1n) is 6.41. The van der Waals surface area contributed by atoms with Crippen LogP contribution < -0.4 is 9.41 Å². The van der Waals surface area contributed by atoms with E-state index >= 15 is 0 Å². The van der Waals surface area contributed by atoms with Crippen LogP contribution in [0.4, 0.5) is 0 Å². The molecule has 0 unspecified atom stereocenters. The van der Waals surface area contributed by atoms with Crippen molar-refractivity contribution in [3.8, 4) is 0 Å². The first kappa shape index (κ1) is 18.7. The van der Waals surface area contributed by atoms with E-state index in [0.717, 1.165) is 0 Å². The second kappa shape index (κ2) is 6.93. The standard InChI is InChI=1S/2C8H11.2FH.Zr/c2*1-6-4-7(2)8(3)5-6;;;/h2*4H2,1-3H3;2*1H;/q;;;;+2/p-2. The molecule has 0 aliphatic heterocycles. The molecule has 0 aromatic carbocycles. The van der Waals surface area contributed by atoms with E-state index in [4.69, 9.17) is 0 Å². The maximum absolute atomic E-state index is 2.34. The van der Waals surface area contributed by atoms with Gasteiger partial charge in [-0.05, 0) is 0 Å². The summed E-state index contributed by atoms with van der Waals surface area (Å²) in [6, 6.07) is 0. The maximum atomic E-state index is 2.34. The third-order valence-corrected chi connectivity index (χ3v) is 9.37. The van der Waals surface area contributed by atoms with Crippen LogP contribution in [0.5, 0.6) is 0 Å². The Kier molecular flexibility index (Phi) is 6.82. The van der Waals surface area contributed by atoms with Gasteiger partial charge in [0.2, 0.25) is 0 Å². The SMILES string of the molecule is CC1=C(C)[C]([Zr+2][C]2=C(C)CC(C)=C2C)=C(C)C1.[F-].[F-]. The average Bonchev–Trinajstić information content (AvgIpc) is 2.62. The number of hydrogen-bond acceptors (Lipinski definition) is 0. The van der Waals surface area contributed by atoms with Gasteiger partial charge in [0.1, 0.15) is 0 Å². The predicted molar refractivity (Wildman–Crippen MR) is 71.4 cm³/mol. The van der Waals surface area contributed by atoms with Gasteiger partial charge in [-0.3, -0.25) is 0 Å². The summed E-state index contributed by atoms with van der Waals surface area (Å²) >= 11 is -0.560. The smallest absolute Gasteiger partial charge is 1.00 e. The minimum absolute atomic E-state index is 0. The first-order chi connectivity index (χ1) is 7.91. The Balaban J connectivity index is 0.00000162. The van der Waals surface area contributed by atoms with Gasteiger partial charge in [-0.1, -0.05) is 0 Å². The zero-order valence-corrected chi connectivity index (χ0v) is 15.1. The van der Waals surface area contributed by atoms with Crippen molar-refractivity contribution in [2.75, 3.05) is 0 Å². The minimum atomic E-state index is -0.560. The second-order valence-electron chi connectivity index (χ2n) is 5.60. The van der Waals surface area contributed by atoms with Gasteiger partial charge in [-0.25, -0.2) is 0 Å². The molecule has 0 bridgehead atoms. The van der Waals surface area contributed by atoms with Crippen LogP contribution in [0.2, 0.25) is 0 Å². The van der Waals surface area contributed by atoms with E-state index in [0.29, 0.717) is 0 Å². The summed E-state index contributed by atoms with van der Waals surface area (Å²) in [5.41, 5.74) is 9.76. The summed E-state index contributed by atoms with van der Waals surface area (Å²) in [6.45, 7) is 13.9. The van der Waals surface area contributed by atoms with Crippen LogP contribution in [0.1, 0.15) is 54.4 Å². The van der Waals surface area contributed by atoms with Crippen LogP contribution >= 0.6 is 0 Å². The van der Waals surface area contributed by atoms with Gasteiger partial charge in [0, 0.05) is 0 Å². The molecule has 0 fully saturated rings. The molecule has 0 nitrogen and oxygen atoms in total. The molecule has 0 saturated carbocycles. The van der Waals surface area contributed by atoms with Crippen molar-refractivity contribution >= 4 is 0 Å². The fraction of sp³-hybridized carbons (Fsp3) is 0.500. The summed E-state index contributed by atoms with van der Waals surface area (Å²) in [7, 11) is 0. The van der Waals surface area contributed by atoms with Crippen LogP contribution in [0, 0.1) is 0 Å². The quantitative estimate of drug-likeness (QED) is 0.610. The van der Waals surface area contributed by atoms with Gasteiger partial charge in [0.05, 0.1) is 0 Å². The Morgan fingerprint density at radius 1 is 0.579 bits per heavy atom. The Morgan fingerprint density at radius 3 is 1.11 bits per heavy atom. The van der Waals surface area contributed by atoms with E-state index in [2.05, 4.69) is 41.5 Å². The van der Waals surface area contributed by atoms with Crippen molar-refractivity contribution in [2.45, 2.75) is 54.4 Å². The number of hydrogen-bond donors (Lipinski definition) is 0. The molecule has 0 radical (unpaired) electrons. The Morgan fingerprint density at radius 2 is 0.895 bits per heavy atom. The normalized spacial score (nSPS) is 18.8. The molecular weight excluding hydrogens is 321 g/mol. The molecule has 19 heavy (non-hydrogen) atoms. The molecule has 0 N–H and O–H groups in total. The molecule has 0 saturated heterocycles. The van der Waals surface area contributed by atoms with Gasteiger partial charge < -0.3 is 9.41 Å². The molecule has 0 amide bonds. The van der Waals surface area contributed by atoms with Gasteiger partial charge in [0.25, 0.3) is 0 Å². The minimum Gasteiger partial charge on any atom is -1.00 e. The number of allylic oxidation sites excluding steroid dienone is 8. The molecule has 104 valence electrons. The Labute approximate surface area is 127 Å². The Bertz CT molecular complexity index is 459. The molecule has 2 rings (SSSR count). The summed E-state index contributed by atoms with van der Waals surface area (Å²) in [5.74, 6) is 0. The van der Waals surface area contributed by atoms with Gasteiger partial charge >= 0.3 is 118 Å². The first-order valence-corrected chi connectivity index (χ1v) is 8.87. The van der Waals surface area contributed by atoms with Crippen LogP contribution in [-0.2, 0) is 23.2 Å². The molecule has 2 aliphatic rings. The zero-order chi connectivity index (χ0) is 12.7. The van der Waals surface area contributed by atoms with E-state index < -0.39 is 23.2 Å². The summed E-state index contributed by atoms with van der Waals surface area (Å²) in [5, 5.41) is 0. The molecule has 3 heteroatoms. The predicted octanol–water partition coefficient (Wildman–Crippen LogP) is -0.895. The summed E-state index contributed by atoms with van der Waals surface area (Å²) in [4.78, 5) is 0. The van der Waals surface area contributed by atoms with E-state index in [9.17, 15) is 0 Å².